The number of fused-ring (bicyclic) bond motifs is 1. The van der Waals surface area contributed by atoms with Gasteiger partial charge in [0.15, 0.2) is 11.5 Å². The zero-order valence-electron chi connectivity index (χ0n) is 7.33. The van der Waals surface area contributed by atoms with Crippen molar-refractivity contribution >= 4 is 17.6 Å². The molecule has 5 heteroatoms. The van der Waals surface area contributed by atoms with Gasteiger partial charge in [0.1, 0.15) is 0 Å². The van der Waals surface area contributed by atoms with Gasteiger partial charge in [-0.05, 0) is 6.92 Å². The van der Waals surface area contributed by atoms with E-state index in [9.17, 15) is 4.79 Å². The molecule has 0 amide bonds. The molecule has 2 rings (SSSR count). The van der Waals surface area contributed by atoms with Gasteiger partial charge < -0.3 is 14.6 Å². The van der Waals surface area contributed by atoms with E-state index in [0.717, 1.165) is 0 Å². The minimum atomic E-state index is -1.06. The van der Waals surface area contributed by atoms with Crippen LogP contribution >= 0.6 is 11.6 Å². The van der Waals surface area contributed by atoms with Crippen molar-refractivity contribution in [2.75, 3.05) is 6.79 Å². The molecule has 0 aliphatic carbocycles. The van der Waals surface area contributed by atoms with Crippen LogP contribution in [-0.2, 0) is 0 Å². The highest BCUT2D eigenvalue weighted by Crippen LogP contribution is 2.40. The first-order valence-corrected chi connectivity index (χ1v) is 4.31. The van der Waals surface area contributed by atoms with E-state index in [1.165, 1.54) is 6.07 Å². The molecule has 0 fully saturated rings. The van der Waals surface area contributed by atoms with Crippen LogP contribution in [-0.4, -0.2) is 17.9 Å². The van der Waals surface area contributed by atoms with Crippen molar-refractivity contribution in [1.29, 1.82) is 0 Å². The SMILES string of the molecule is Cc1c2c(cc(Cl)c1C(=O)O)OCO2. The fraction of sp³-hybridized carbons (Fsp3) is 0.222. The van der Waals surface area contributed by atoms with E-state index in [0.29, 0.717) is 17.1 Å². The highest BCUT2D eigenvalue weighted by molar-refractivity contribution is 6.34. The Morgan fingerprint density at radius 1 is 1.57 bits per heavy atom. The minimum Gasteiger partial charge on any atom is -0.478 e. The molecule has 1 aliphatic heterocycles. The summed E-state index contributed by atoms with van der Waals surface area (Å²) in [5, 5.41) is 9.06. The number of ether oxygens (including phenoxy) is 2. The van der Waals surface area contributed by atoms with Crippen molar-refractivity contribution in [2.24, 2.45) is 0 Å². The molecule has 0 saturated heterocycles. The van der Waals surface area contributed by atoms with Crippen LogP contribution < -0.4 is 9.47 Å². The second-order valence-corrected chi connectivity index (χ2v) is 3.30. The van der Waals surface area contributed by atoms with Crippen LogP contribution in [0.1, 0.15) is 15.9 Å². The largest absolute Gasteiger partial charge is 0.478 e. The van der Waals surface area contributed by atoms with Crippen molar-refractivity contribution < 1.29 is 19.4 Å². The number of hydrogen-bond acceptors (Lipinski definition) is 3. The predicted molar refractivity (Wildman–Crippen MR) is 49.3 cm³/mol. The van der Waals surface area contributed by atoms with Gasteiger partial charge in [0.05, 0.1) is 10.6 Å². The minimum absolute atomic E-state index is 0.0657. The molecule has 74 valence electrons. The molecule has 14 heavy (non-hydrogen) atoms. The monoisotopic (exact) mass is 214 g/mol. The summed E-state index contributed by atoms with van der Waals surface area (Å²) in [6.45, 7) is 1.75. The summed E-state index contributed by atoms with van der Waals surface area (Å²) in [4.78, 5) is 10.9. The number of aromatic carboxylic acids is 1. The summed E-state index contributed by atoms with van der Waals surface area (Å²) < 4.78 is 10.2. The third kappa shape index (κ3) is 1.19. The summed E-state index contributed by atoms with van der Waals surface area (Å²) in [5.41, 5.74) is 0.563. The van der Waals surface area contributed by atoms with E-state index in [2.05, 4.69) is 0 Å². The Morgan fingerprint density at radius 2 is 2.29 bits per heavy atom. The standard InChI is InChI=1S/C9H7ClO4/c1-4-7(9(11)12)5(10)2-6-8(4)14-3-13-6/h2H,3H2,1H3,(H,11,12). The molecule has 1 aromatic carbocycles. The zero-order valence-corrected chi connectivity index (χ0v) is 8.09. The molecular formula is C9H7ClO4. The first-order valence-electron chi connectivity index (χ1n) is 3.93. The number of carboxylic acids is 1. The van der Waals surface area contributed by atoms with Crippen molar-refractivity contribution in [1.82, 2.24) is 0 Å². The number of hydrogen-bond donors (Lipinski definition) is 1. The Kier molecular flexibility index (Phi) is 2.00. The first-order chi connectivity index (χ1) is 6.61. The summed E-state index contributed by atoms with van der Waals surface area (Å²) in [6, 6.07) is 1.46. The quantitative estimate of drug-likeness (QED) is 0.778. The zero-order chi connectivity index (χ0) is 10.3. The van der Waals surface area contributed by atoms with Crippen LogP contribution in [0, 0.1) is 6.92 Å². The first kappa shape index (κ1) is 9.15. The lowest BCUT2D eigenvalue weighted by Crippen LogP contribution is -2.01. The van der Waals surface area contributed by atoms with Gasteiger partial charge in [-0.3, -0.25) is 0 Å². The summed E-state index contributed by atoms with van der Waals surface area (Å²) >= 11 is 5.79. The molecule has 1 aromatic rings. The van der Waals surface area contributed by atoms with Crippen LogP contribution in [0.25, 0.3) is 0 Å². The number of carboxylic acid groups (broad SMARTS) is 1. The Hall–Kier alpha value is -1.42. The van der Waals surface area contributed by atoms with Crippen LogP contribution in [0.4, 0.5) is 0 Å². The predicted octanol–water partition coefficient (Wildman–Crippen LogP) is 2.08. The average Bonchev–Trinajstić information content (AvgIpc) is 2.50. The van der Waals surface area contributed by atoms with Crippen molar-refractivity contribution in [3.05, 3.63) is 22.2 Å². The smallest absolute Gasteiger partial charge is 0.337 e. The van der Waals surface area contributed by atoms with Crippen molar-refractivity contribution in [3.63, 3.8) is 0 Å². The third-order valence-corrected chi connectivity index (χ3v) is 2.37. The Balaban J connectivity index is 2.68. The van der Waals surface area contributed by atoms with Gasteiger partial charge in [0.2, 0.25) is 6.79 Å². The highest BCUT2D eigenvalue weighted by atomic mass is 35.5. The Labute approximate surface area is 85.0 Å². The van der Waals surface area contributed by atoms with E-state index < -0.39 is 5.97 Å². The molecule has 0 aromatic heterocycles. The maximum atomic E-state index is 10.9. The molecule has 1 heterocycles. The molecule has 0 unspecified atom stereocenters. The second kappa shape index (κ2) is 3.06. The van der Waals surface area contributed by atoms with Crippen LogP contribution in [0.2, 0.25) is 5.02 Å². The van der Waals surface area contributed by atoms with E-state index in [1.54, 1.807) is 6.92 Å². The fourth-order valence-corrected chi connectivity index (χ4v) is 1.75. The number of halogens is 1. The second-order valence-electron chi connectivity index (χ2n) is 2.90. The van der Waals surface area contributed by atoms with Crippen LogP contribution in [0.3, 0.4) is 0 Å². The van der Waals surface area contributed by atoms with E-state index in [1.807, 2.05) is 0 Å². The molecule has 1 aliphatic rings. The maximum Gasteiger partial charge on any atom is 0.337 e. The van der Waals surface area contributed by atoms with Crippen molar-refractivity contribution in [2.45, 2.75) is 6.92 Å². The summed E-state index contributed by atoms with van der Waals surface area (Å²) in [7, 11) is 0. The number of benzene rings is 1. The van der Waals surface area contributed by atoms with Gasteiger partial charge in [-0.25, -0.2) is 4.79 Å². The summed E-state index contributed by atoms with van der Waals surface area (Å²) in [6.07, 6.45) is 0. The van der Waals surface area contributed by atoms with Gasteiger partial charge in [-0.2, -0.15) is 0 Å². The molecule has 1 N–H and O–H groups in total. The lowest BCUT2D eigenvalue weighted by atomic mass is 10.1. The van der Waals surface area contributed by atoms with Gasteiger partial charge in [0, 0.05) is 11.6 Å². The molecule has 4 nitrogen and oxygen atoms in total. The fourth-order valence-electron chi connectivity index (χ4n) is 1.43. The van der Waals surface area contributed by atoms with Crippen LogP contribution in [0.15, 0.2) is 6.07 Å². The normalized spacial score (nSPS) is 13.0. The molecule has 0 atom stereocenters. The molecule has 0 spiro atoms. The average molecular weight is 215 g/mol. The topological polar surface area (TPSA) is 55.8 Å². The third-order valence-electron chi connectivity index (χ3n) is 2.07. The summed E-state index contributed by atoms with van der Waals surface area (Å²) in [5.74, 6) is -0.102. The maximum absolute atomic E-state index is 10.9. The lowest BCUT2D eigenvalue weighted by molar-refractivity contribution is 0.0696. The van der Waals surface area contributed by atoms with E-state index in [4.69, 9.17) is 26.2 Å². The Bertz CT molecular complexity index is 414. The number of rotatable bonds is 1. The van der Waals surface area contributed by atoms with Gasteiger partial charge in [-0.15, -0.1) is 0 Å². The highest BCUT2D eigenvalue weighted by Gasteiger charge is 2.24. The molecule has 0 bridgehead atoms. The van der Waals surface area contributed by atoms with Gasteiger partial charge >= 0.3 is 5.97 Å². The van der Waals surface area contributed by atoms with Gasteiger partial charge in [-0.1, -0.05) is 11.6 Å². The molecule has 0 radical (unpaired) electrons. The molecular weight excluding hydrogens is 208 g/mol. The van der Waals surface area contributed by atoms with Crippen LogP contribution in [0.5, 0.6) is 11.5 Å². The van der Waals surface area contributed by atoms with Gasteiger partial charge in [0.25, 0.3) is 0 Å². The number of carbonyl (C=O) groups is 1. The van der Waals surface area contributed by atoms with E-state index >= 15 is 0 Å². The molecule has 0 saturated carbocycles. The van der Waals surface area contributed by atoms with E-state index in [-0.39, 0.29) is 17.4 Å². The van der Waals surface area contributed by atoms with Crippen molar-refractivity contribution in [3.8, 4) is 11.5 Å². The Morgan fingerprint density at radius 3 is 2.93 bits per heavy atom. The lowest BCUT2D eigenvalue weighted by Gasteiger charge is -2.06.